The van der Waals surface area contributed by atoms with Crippen LogP contribution in [0.1, 0.15) is 43.7 Å². The van der Waals surface area contributed by atoms with Gasteiger partial charge in [0.05, 0.1) is 0 Å². The number of hydrogen-bond acceptors (Lipinski definition) is 5. The molecule has 1 spiro atoms. The van der Waals surface area contributed by atoms with Gasteiger partial charge in [-0.2, -0.15) is 0 Å². The molecule has 1 atom stereocenters. The molecule has 8 nitrogen and oxygen atoms in total. The number of nitrogens with zero attached hydrogens (tertiary/aromatic N) is 1. The number of anilines is 1. The van der Waals surface area contributed by atoms with Crippen LogP contribution >= 0.6 is 0 Å². The van der Waals surface area contributed by atoms with E-state index in [9.17, 15) is 19.2 Å². The number of ether oxygens (including phenoxy) is 1. The Hall–Kier alpha value is -2.90. The smallest absolute Gasteiger partial charge is 0.327 e. The van der Waals surface area contributed by atoms with Gasteiger partial charge in [0.15, 0.2) is 6.10 Å². The molecule has 0 aromatic heterocycles. The molecule has 1 heterocycles. The number of nitrogens with one attached hydrogen (secondary N) is 2. The third-order valence-electron chi connectivity index (χ3n) is 5.31. The predicted molar refractivity (Wildman–Crippen MR) is 102 cm³/mol. The largest absolute Gasteiger partial charge is 0.451 e. The summed E-state index contributed by atoms with van der Waals surface area (Å²) >= 11 is 0. The van der Waals surface area contributed by atoms with Crippen LogP contribution in [0.15, 0.2) is 18.2 Å². The van der Waals surface area contributed by atoms with Crippen molar-refractivity contribution in [1.82, 2.24) is 10.2 Å². The summed E-state index contributed by atoms with van der Waals surface area (Å²) < 4.78 is 5.13. The van der Waals surface area contributed by atoms with Crippen LogP contribution in [0.2, 0.25) is 0 Å². The highest BCUT2D eigenvalue weighted by atomic mass is 16.5. The van der Waals surface area contributed by atoms with E-state index in [1.54, 1.807) is 6.07 Å². The molecule has 1 aliphatic heterocycles. The van der Waals surface area contributed by atoms with Crippen LogP contribution in [-0.2, 0) is 19.1 Å². The first-order valence-electron chi connectivity index (χ1n) is 9.43. The first-order chi connectivity index (χ1) is 13.2. The maximum atomic E-state index is 12.6. The average molecular weight is 387 g/mol. The Morgan fingerprint density at radius 1 is 1.25 bits per heavy atom. The molecule has 3 rings (SSSR count). The van der Waals surface area contributed by atoms with Gasteiger partial charge < -0.3 is 15.4 Å². The standard InChI is InChI=1S/C20H25N3O5/c1-12-6-7-15(13(2)10-12)21-17(25)14(3)28-16(24)11-23-18(26)20(22-19(23)27)8-4-5-9-20/h6-7,10,14H,4-5,8-9,11H2,1-3H3,(H,21,25)(H,22,27)/t14-/m0/s1. The fraction of sp³-hybridized carbons (Fsp3) is 0.500. The SMILES string of the molecule is Cc1ccc(NC(=O)[C@H](C)OC(=O)CN2C(=O)NC3(CCCC3)C2=O)c(C)c1. The van der Waals surface area contributed by atoms with Gasteiger partial charge in [0, 0.05) is 5.69 Å². The summed E-state index contributed by atoms with van der Waals surface area (Å²) in [7, 11) is 0. The van der Waals surface area contributed by atoms with Gasteiger partial charge in [-0.1, -0.05) is 30.5 Å². The first kappa shape index (κ1) is 19.9. The molecule has 1 aromatic rings. The molecular weight excluding hydrogens is 362 g/mol. The number of rotatable bonds is 5. The van der Waals surface area contributed by atoms with E-state index in [2.05, 4.69) is 10.6 Å². The van der Waals surface area contributed by atoms with Crippen molar-refractivity contribution in [2.75, 3.05) is 11.9 Å². The topological polar surface area (TPSA) is 105 Å². The minimum absolute atomic E-state index is 0.390. The molecule has 0 bridgehead atoms. The van der Waals surface area contributed by atoms with Crippen LogP contribution in [0.25, 0.3) is 0 Å². The van der Waals surface area contributed by atoms with Gasteiger partial charge in [-0.25, -0.2) is 4.79 Å². The van der Waals surface area contributed by atoms with Crippen molar-refractivity contribution in [2.45, 2.75) is 58.1 Å². The van der Waals surface area contributed by atoms with Crippen LogP contribution in [-0.4, -0.2) is 46.9 Å². The van der Waals surface area contributed by atoms with Gasteiger partial charge >= 0.3 is 12.0 Å². The zero-order valence-electron chi connectivity index (χ0n) is 16.3. The van der Waals surface area contributed by atoms with E-state index in [1.165, 1.54) is 6.92 Å². The Labute approximate surface area is 163 Å². The average Bonchev–Trinajstić information content (AvgIpc) is 3.18. The Morgan fingerprint density at radius 3 is 2.57 bits per heavy atom. The number of carbonyl (C=O) groups is 4. The highest BCUT2D eigenvalue weighted by Gasteiger charge is 2.52. The van der Waals surface area contributed by atoms with Crippen molar-refractivity contribution in [3.63, 3.8) is 0 Å². The van der Waals surface area contributed by atoms with E-state index >= 15 is 0 Å². The Morgan fingerprint density at radius 2 is 1.93 bits per heavy atom. The molecule has 2 fully saturated rings. The molecule has 1 saturated carbocycles. The summed E-state index contributed by atoms with van der Waals surface area (Å²) in [5, 5.41) is 5.42. The molecule has 28 heavy (non-hydrogen) atoms. The molecule has 1 saturated heterocycles. The van der Waals surface area contributed by atoms with Crippen molar-refractivity contribution in [3.05, 3.63) is 29.3 Å². The minimum atomic E-state index is -1.06. The monoisotopic (exact) mass is 387 g/mol. The highest BCUT2D eigenvalue weighted by Crippen LogP contribution is 2.34. The highest BCUT2D eigenvalue weighted by molar-refractivity contribution is 6.09. The summed E-state index contributed by atoms with van der Waals surface area (Å²) in [5.74, 6) is -1.68. The van der Waals surface area contributed by atoms with Crippen molar-refractivity contribution >= 4 is 29.5 Å². The summed E-state index contributed by atoms with van der Waals surface area (Å²) in [5.41, 5.74) is 1.73. The fourth-order valence-electron chi connectivity index (χ4n) is 3.74. The number of benzene rings is 1. The quantitative estimate of drug-likeness (QED) is 0.594. The number of hydrogen-bond donors (Lipinski definition) is 2. The summed E-state index contributed by atoms with van der Waals surface area (Å²) in [4.78, 5) is 50.1. The van der Waals surface area contributed by atoms with Gasteiger partial charge in [0.2, 0.25) is 0 Å². The Bertz CT molecular complexity index is 829. The van der Waals surface area contributed by atoms with E-state index in [4.69, 9.17) is 4.74 Å². The summed E-state index contributed by atoms with van der Waals surface area (Å²) in [6.45, 7) is 4.76. The number of aryl methyl sites for hydroxylation is 2. The third kappa shape index (κ3) is 3.85. The number of urea groups is 1. The lowest BCUT2D eigenvalue weighted by molar-refractivity contribution is -0.155. The van der Waals surface area contributed by atoms with Gasteiger partial charge in [-0.15, -0.1) is 0 Å². The number of imide groups is 1. The predicted octanol–water partition coefficient (Wildman–Crippen LogP) is 2.04. The molecular formula is C20H25N3O5. The number of amides is 4. The molecule has 0 radical (unpaired) electrons. The molecule has 2 N–H and O–H groups in total. The molecule has 8 heteroatoms. The molecule has 2 aliphatic rings. The second-order valence-electron chi connectivity index (χ2n) is 7.55. The zero-order valence-corrected chi connectivity index (χ0v) is 16.3. The fourth-order valence-corrected chi connectivity index (χ4v) is 3.74. The normalized spacial score (nSPS) is 18.9. The zero-order chi connectivity index (χ0) is 20.5. The molecule has 0 unspecified atom stereocenters. The van der Waals surface area contributed by atoms with E-state index in [1.807, 2.05) is 26.0 Å². The lowest BCUT2D eigenvalue weighted by Gasteiger charge is -2.20. The second kappa shape index (κ2) is 7.61. The van der Waals surface area contributed by atoms with Crippen molar-refractivity contribution < 1.29 is 23.9 Å². The number of carbonyl (C=O) groups excluding carboxylic acids is 4. The summed E-state index contributed by atoms with van der Waals surface area (Å²) in [6, 6.07) is 5.00. The van der Waals surface area contributed by atoms with Gasteiger partial charge in [0.25, 0.3) is 11.8 Å². The third-order valence-corrected chi connectivity index (χ3v) is 5.31. The minimum Gasteiger partial charge on any atom is -0.451 e. The van der Waals surface area contributed by atoms with Crippen molar-refractivity contribution in [2.24, 2.45) is 0 Å². The number of esters is 1. The van der Waals surface area contributed by atoms with Gasteiger partial charge in [-0.3, -0.25) is 19.3 Å². The molecule has 150 valence electrons. The Balaban J connectivity index is 1.56. The van der Waals surface area contributed by atoms with Crippen LogP contribution < -0.4 is 10.6 Å². The van der Waals surface area contributed by atoms with E-state index in [-0.39, 0.29) is 5.91 Å². The lowest BCUT2D eigenvalue weighted by atomic mass is 9.98. The molecule has 1 aliphatic carbocycles. The lowest BCUT2D eigenvalue weighted by Crippen LogP contribution is -2.44. The molecule has 4 amide bonds. The van der Waals surface area contributed by atoms with Crippen LogP contribution in [0.3, 0.4) is 0 Å². The van der Waals surface area contributed by atoms with Gasteiger partial charge in [0.1, 0.15) is 12.1 Å². The van der Waals surface area contributed by atoms with Crippen LogP contribution in [0.4, 0.5) is 10.5 Å². The molecule has 1 aromatic carbocycles. The maximum Gasteiger partial charge on any atom is 0.327 e. The van der Waals surface area contributed by atoms with E-state index in [0.717, 1.165) is 28.9 Å². The first-order valence-corrected chi connectivity index (χ1v) is 9.43. The van der Waals surface area contributed by atoms with Gasteiger partial charge in [-0.05, 0) is 45.2 Å². The second-order valence-corrected chi connectivity index (χ2v) is 7.55. The van der Waals surface area contributed by atoms with Crippen molar-refractivity contribution in [3.8, 4) is 0 Å². The van der Waals surface area contributed by atoms with Crippen molar-refractivity contribution in [1.29, 1.82) is 0 Å². The van der Waals surface area contributed by atoms with Crippen LogP contribution in [0.5, 0.6) is 0 Å². The Kier molecular flexibility index (Phi) is 5.40. The van der Waals surface area contributed by atoms with E-state index < -0.39 is 36.1 Å². The van der Waals surface area contributed by atoms with Crippen LogP contribution in [0, 0.1) is 13.8 Å². The van der Waals surface area contributed by atoms with E-state index in [0.29, 0.717) is 18.5 Å². The summed E-state index contributed by atoms with van der Waals surface area (Å²) in [6.07, 6.45) is 1.82. The maximum absolute atomic E-state index is 12.6.